The number of furan rings is 1. The van der Waals surface area contributed by atoms with Crippen molar-refractivity contribution >= 4 is 50.7 Å². The highest BCUT2D eigenvalue weighted by Gasteiger charge is 2.24. The molecule has 2 N–H and O–H groups in total. The Kier molecular flexibility index (Phi) is 9.25. The quantitative estimate of drug-likeness (QED) is 0.150. The van der Waals surface area contributed by atoms with Crippen LogP contribution in [0.4, 0.5) is 0 Å². The maximum atomic E-state index is 9.85. The predicted octanol–water partition coefficient (Wildman–Crippen LogP) is 14.1. The van der Waals surface area contributed by atoms with Crippen LogP contribution in [-0.2, 0) is 0 Å². The maximum Gasteiger partial charge on any atom is 0.160 e. The topological polar surface area (TPSA) is 74.8 Å². The molecule has 0 fully saturated rings. The molecule has 11 rings (SSSR count). The van der Waals surface area contributed by atoms with Gasteiger partial charge < -0.3 is 9.73 Å². The third-order valence-electron chi connectivity index (χ3n) is 11.6. The smallest absolute Gasteiger partial charge is 0.160 e. The summed E-state index contributed by atoms with van der Waals surface area (Å²) >= 11 is 0. The van der Waals surface area contributed by atoms with Crippen molar-refractivity contribution in [2.24, 2.45) is 0 Å². The SMILES string of the molecule is N=C(/C(=C1\NC(c2ccccc2)=Cc2ccccc21)c1ccccc1)c1ccc(-c2cc(-c3ccccc3)nc(-c3ccc(-c4cccc5oc6ccccc6c45)cc3)n2)cc1. The Balaban J connectivity index is 0.973. The zero-order chi connectivity index (χ0) is 41.4. The normalized spacial score (nSPS) is 13.0. The number of fused-ring (bicyclic) bond motifs is 4. The van der Waals surface area contributed by atoms with E-state index in [0.29, 0.717) is 11.5 Å². The van der Waals surface area contributed by atoms with Gasteiger partial charge in [0, 0.05) is 49.9 Å². The van der Waals surface area contributed by atoms with Gasteiger partial charge in [0.1, 0.15) is 11.2 Å². The third kappa shape index (κ3) is 6.78. The van der Waals surface area contributed by atoms with Gasteiger partial charge >= 0.3 is 0 Å². The van der Waals surface area contributed by atoms with E-state index in [2.05, 4.69) is 145 Å². The Morgan fingerprint density at radius 3 is 1.76 bits per heavy atom. The lowest BCUT2D eigenvalue weighted by molar-refractivity contribution is 0.669. The highest BCUT2D eigenvalue weighted by atomic mass is 16.3. The fraction of sp³-hybridized carbons (Fsp3) is 0. The Morgan fingerprint density at radius 2 is 1.02 bits per heavy atom. The lowest BCUT2D eigenvalue weighted by Gasteiger charge is -2.26. The molecule has 0 atom stereocenters. The number of hydrogen-bond donors (Lipinski definition) is 2. The van der Waals surface area contributed by atoms with Crippen LogP contribution in [0.15, 0.2) is 217 Å². The molecule has 0 saturated heterocycles. The first-order chi connectivity index (χ1) is 30.6. The summed E-state index contributed by atoms with van der Waals surface area (Å²) in [7, 11) is 0. The van der Waals surface area contributed by atoms with Gasteiger partial charge in [-0.1, -0.05) is 194 Å². The Morgan fingerprint density at radius 1 is 0.452 bits per heavy atom. The molecule has 292 valence electrons. The number of para-hydroxylation sites is 1. The summed E-state index contributed by atoms with van der Waals surface area (Å²) in [5, 5.41) is 15.8. The summed E-state index contributed by atoms with van der Waals surface area (Å²) in [6, 6.07) is 72.3. The van der Waals surface area contributed by atoms with E-state index in [4.69, 9.17) is 14.4 Å². The van der Waals surface area contributed by atoms with Gasteiger partial charge in [0.15, 0.2) is 5.82 Å². The number of benzene rings is 8. The van der Waals surface area contributed by atoms with Crippen molar-refractivity contribution in [2.45, 2.75) is 0 Å². The van der Waals surface area contributed by atoms with Crippen LogP contribution in [-0.4, -0.2) is 15.7 Å². The molecular formula is C57H38N4O. The summed E-state index contributed by atoms with van der Waals surface area (Å²) in [6.07, 6.45) is 2.19. The first kappa shape index (κ1) is 36.7. The molecule has 1 aliphatic rings. The lowest BCUT2D eigenvalue weighted by atomic mass is 9.88. The van der Waals surface area contributed by atoms with Crippen LogP contribution >= 0.6 is 0 Å². The molecule has 3 heterocycles. The van der Waals surface area contributed by atoms with Crippen molar-refractivity contribution in [2.75, 3.05) is 0 Å². The monoisotopic (exact) mass is 794 g/mol. The van der Waals surface area contributed by atoms with E-state index in [-0.39, 0.29) is 0 Å². The van der Waals surface area contributed by atoms with Crippen LogP contribution in [0, 0.1) is 5.41 Å². The van der Waals surface area contributed by atoms with Crippen molar-refractivity contribution in [1.82, 2.24) is 15.3 Å². The van der Waals surface area contributed by atoms with E-state index in [1.54, 1.807) is 0 Å². The lowest BCUT2D eigenvalue weighted by Crippen LogP contribution is -2.20. The number of aromatic nitrogens is 2. The second-order valence-electron chi connectivity index (χ2n) is 15.4. The summed E-state index contributed by atoms with van der Waals surface area (Å²) in [5.41, 5.74) is 16.6. The average Bonchev–Trinajstić information content (AvgIpc) is 3.74. The molecule has 10 aromatic rings. The Labute approximate surface area is 359 Å². The number of rotatable bonds is 8. The van der Waals surface area contributed by atoms with Crippen LogP contribution in [0.3, 0.4) is 0 Å². The van der Waals surface area contributed by atoms with Gasteiger partial charge in [-0.15, -0.1) is 0 Å². The minimum atomic E-state index is 0.418. The summed E-state index contributed by atoms with van der Waals surface area (Å²) in [5.74, 6) is 0.636. The molecule has 62 heavy (non-hydrogen) atoms. The average molecular weight is 795 g/mol. The van der Waals surface area contributed by atoms with Gasteiger partial charge in [-0.25, -0.2) is 9.97 Å². The molecule has 0 saturated carbocycles. The minimum absolute atomic E-state index is 0.418. The second kappa shape index (κ2) is 15.6. The van der Waals surface area contributed by atoms with E-state index in [1.807, 2.05) is 78.9 Å². The van der Waals surface area contributed by atoms with Crippen molar-refractivity contribution in [3.63, 3.8) is 0 Å². The molecule has 0 spiro atoms. The molecule has 5 heteroatoms. The van der Waals surface area contributed by atoms with Crippen LogP contribution in [0.5, 0.6) is 0 Å². The summed E-state index contributed by atoms with van der Waals surface area (Å²) < 4.78 is 6.19. The minimum Gasteiger partial charge on any atom is -0.456 e. The summed E-state index contributed by atoms with van der Waals surface area (Å²) in [4.78, 5) is 10.3. The molecule has 8 aromatic carbocycles. The Bertz CT molecular complexity index is 3350. The third-order valence-corrected chi connectivity index (χ3v) is 11.6. The van der Waals surface area contributed by atoms with Crippen molar-refractivity contribution in [3.05, 3.63) is 240 Å². The number of hydrogen-bond acceptors (Lipinski definition) is 5. The van der Waals surface area contributed by atoms with Crippen molar-refractivity contribution in [3.8, 4) is 45.0 Å². The van der Waals surface area contributed by atoms with E-state index in [0.717, 1.165) is 106 Å². The van der Waals surface area contributed by atoms with E-state index >= 15 is 0 Å². The molecule has 5 nitrogen and oxygen atoms in total. The summed E-state index contributed by atoms with van der Waals surface area (Å²) in [6.45, 7) is 0. The number of allylic oxidation sites excluding steroid dienone is 1. The Hall–Kier alpha value is -8.41. The van der Waals surface area contributed by atoms with Gasteiger partial charge in [-0.3, -0.25) is 5.41 Å². The molecule has 0 radical (unpaired) electrons. The van der Waals surface area contributed by atoms with Crippen LogP contribution in [0.25, 0.3) is 90.0 Å². The predicted molar refractivity (Wildman–Crippen MR) is 255 cm³/mol. The number of nitrogens with one attached hydrogen (secondary N) is 2. The first-order valence-electron chi connectivity index (χ1n) is 20.7. The highest BCUT2D eigenvalue weighted by Crippen LogP contribution is 2.39. The van der Waals surface area contributed by atoms with Crippen LogP contribution in [0.1, 0.15) is 27.8 Å². The number of nitrogens with zero attached hydrogens (tertiary/aromatic N) is 2. The molecule has 0 bridgehead atoms. The van der Waals surface area contributed by atoms with E-state index < -0.39 is 0 Å². The fourth-order valence-corrected chi connectivity index (χ4v) is 8.48. The molecule has 0 aliphatic carbocycles. The van der Waals surface area contributed by atoms with Gasteiger partial charge in [0.25, 0.3) is 0 Å². The van der Waals surface area contributed by atoms with Crippen molar-refractivity contribution in [1.29, 1.82) is 5.41 Å². The largest absolute Gasteiger partial charge is 0.456 e. The van der Waals surface area contributed by atoms with E-state index in [9.17, 15) is 5.41 Å². The van der Waals surface area contributed by atoms with Gasteiger partial charge in [-0.2, -0.15) is 0 Å². The zero-order valence-electron chi connectivity index (χ0n) is 33.6. The standard InChI is InChI=1S/C57H38N4O/c58-55(53(41-19-8-3-9-20-41)56-46-22-11-10-21-44(46)35-48(59-56)38-15-4-1-5-16-38)42-31-29-40(30-32-42)50-36-49(39-17-6-2-7-18-39)60-57(61-50)43-33-27-37(28-34-43)45-24-14-26-52-54(45)47-23-12-13-25-51(47)62-52/h1-36,58-59H/b56-53-,58-55?. The molecule has 0 unspecified atom stereocenters. The van der Waals surface area contributed by atoms with Crippen molar-refractivity contribution < 1.29 is 4.42 Å². The van der Waals surface area contributed by atoms with Gasteiger partial charge in [-0.05, 0) is 52.1 Å². The van der Waals surface area contributed by atoms with Gasteiger partial charge in [0.05, 0.1) is 22.8 Å². The molecule has 0 amide bonds. The first-order valence-corrected chi connectivity index (χ1v) is 20.7. The molecular weight excluding hydrogens is 757 g/mol. The highest BCUT2D eigenvalue weighted by molar-refractivity contribution is 6.36. The second-order valence-corrected chi connectivity index (χ2v) is 15.4. The van der Waals surface area contributed by atoms with Gasteiger partial charge in [0.2, 0.25) is 0 Å². The van der Waals surface area contributed by atoms with Crippen LogP contribution < -0.4 is 5.32 Å². The fourth-order valence-electron chi connectivity index (χ4n) is 8.48. The molecule has 1 aliphatic heterocycles. The zero-order valence-corrected chi connectivity index (χ0v) is 33.6. The van der Waals surface area contributed by atoms with Crippen LogP contribution in [0.2, 0.25) is 0 Å². The van der Waals surface area contributed by atoms with E-state index in [1.165, 1.54) is 0 Å². The maximum absolute atomic E-state index is 9.85. The molecule has 2 aromatic heterocycles.